The highest BCUT2D eigenvalue weighted by atomic mass is 16.5. The molecule has 2 atom stereocenters. The van der Waals surface area contributed by atoms with Crippen LogP contribution in [0.15, 0.2) is 0 Å². The van der Waals surface area contributed by atoms with E-state index in [9.17, 15) is 0 Å². The van der Waals surface area contributed by atoms with Crippen molar-refractivity contribution in [2.24, 2.45) is 11.5 Å². The molecule has 10 nitrogen and oxygen atoms in total. The molecule has 0 saturated carbocycles. The molecular weight excluding hydrogens is 368 g/mol. The number of nitrogens with zero attached hydrogens (tertiary/aromatic N) is 2. The monoisotopic (exact) mass is 402 g/mol. The molecule has 4 aliphatic heterocycles. The largest absolute Gasteiger partial charge is 0.473 e. The van der Waals surface area contributed by atoms with Gasteiger partial charge < -0.3 is 31.2 Å². The Bertz CT molecular complexity index is 456. The molecule has 0 spiro atoms. The molecule has 4 rings (SSSR count). The van der Waals surface area contributed by atoms with Crippen molar-refractivity contribution in [3.8, 4) is 0 Å². The van der Waals surface area contributed by atoms with E-state index < -0.39 is 11.9 Å². The minimum absolute atomic E-state index is 0.407. The predicted molar refractivity (Wildman–Crippen MR) is 102 cm³/mol. The molecule has 10 heteroatoms. The average Bonchev–Trinajstić information content (AvgIpc) is 2.53. The van der Waals surface area contributed by atoms with E-state index in [-0.39, 0.29) is 0 Å². The minimum atomic E-state index is -1.82. The van der Waals surface area contributed by atoms with E-state index in [1.54, 1.807) is 0 Å². The van der Waals surface area contributed by atoms with Gasteiger partial charge >= 0.3 is 11.9 Å². The summed E-state index contributed by atoms with van der Waals surface area (Å²) in [5.74, 6) is -3.65. The Morgan fingerprint density at radius 3 is 1.32 bits per heavy atom. The van der Waals surface area contributed by atoms with E-state index in [2.05, 4.69) is 9.80 Å². The van der Waals surface area contributed by atoms with Gasteiger partial charge in [0.1, 0.15) is 0 Å². The van der Waals surface area contributed by atoms with E-state index in [1.807, 2.05) is 0 Å². The Balaban J connectivity index is 0.000000158. The van der Waals surface area contributed by atoms with Gasteiger partial charge in [0.05, 0.1) is 38.5 Å². The zero-order valence-corrected chi connectivity index (χ0v) is 16.4. The van der Waals surface area contributed by atoms with Crippen LogP contribution in [0.3, 0.4) is 0 Å². The summed E-state index contributed by atoms with van der Waals surface area (Å²) < 4.78 is 10.3. The summed E-state index contributed by atoms with van der Waals surface area (Å²) >= 11 is 0. The van der Waals surface area contributed by atoms with Crippen molar-refractivity contribution in [2.45, 2.75) is 49.9 Å². The molecule has 28 heavy (non-hydrogen) atoms. The van der Waals surface area contributed by atoms with Crippen molar-refractivity contribution in [1.82, 2.24) is 9.80 Å². The number of aliphatic carboxylic acids is 2. The van der Waals surface area contributed by atoms with Crippen LogP contribution in [0.4, 0.5) is 0 Å². The van der Waals surface area contributed by atoms with Crippen LogP contribution in [0.1, 0.15) is 25.7 Å². The van der Waals surface area contributed by atoms with Gasteiger partial charge in [0.15, 0.2) is 0 Å². The van der Waals surface area contributed by atoms with Crippen molar-refractivity contribution in [2.75, 3.05) is 52.6 Å². The van der Waals surface area contributed by atoms with Gasteiger partial charge in [-0.15, -0.1) is 0 Å². The second-order valence-electron chi connectivity index (χ2n) is 7.79. The van der Waals surface area contributed by atoms with Crippen LogP contribution < -0.4 is 11.5 Å². The van der Waals surface area contributed by atoms with Gasteiger partial charge in [-0.2, -0.15) is 0 Å². The molecule has 2 unspecified atom stereocenters. The highest BCUT2D eigenvalue weighted by Gasteiger charge is 2.29. The Hall–Kier alpha value is -1.30. The third-order valence-corrected chi connectivity index (χ3v) is 5.44. The number of carbonyl (C=O) groups is 2. The minimum Gasteiger partial charge on any atom is -0.473 e. The smallest absolute Gasteiger partial charge is 0.414 e. The molecule has 4 heterocycles. The summed E-state index contributed by atoms with van der Waals surface area (Å²) in [6, 6.07) is 2.18. The summed E-state index contributed by atoms with van der Waals surface area (Å²) in [5, 5.41) is 14.8. The normalized spacial score (nSPS) is 29.2. The lowest BCUT2D eigenvalue weighted by Crippen LogP contribution is -2.55. The Morgan fingerprint density at radius 2 is 1.11 bits per heavy atom. The van der Waals surface area contributed by atoms with Crippen LogP contribution in [0.5, 0.6) is 0 Å². The van der Waals surface area contributed by atoms with Gasteiger partial charge in [0.2, 0.25) is 0 Å². The number of hydrogen-bond acceptors (Lipinski definition) is 8. The first-order chi connectivity index (χ1) is 13.4. The molecule has 4 saturated heterocycles. The molecule has 6 N–H and O–H groups in total. The third-order valence-electron chi connectivity index (χ3n) is 5.44. The first kappa shape index (κ1) is 23.0. The van der Waals surface area contributed by atoms with Crippen LogP contribution >= 0.6 is 0 Å². The maximum atomic E-state index is 9.10. The highest BCUT2D eigenvalue weighted by molar-refractivity contribution is 6.27. The Labute approximate surface area is 165 Å². The van der Waals surface area contributed by atoms with E-state index in [1.165, 1.54) is 38.8 Å². The van der Waals surface area contributed by atoms with Crippen LogP contribution in [0, 0.1) is 0 Å². The molecule has 0 radical (unpaired) electrons. The lowest BCUT2D eigenvalue weighted by molar-refractivity contribution is -0.159. The van der Waals surface area contributed by atoms with Crippen molar-refractivity contribution in [3.05, 3.63) is 0 Å². The highest BCUT2D eigenvalue weighted by Crippen LogP contribution is 2.17. The van der Waals surface area contributed by atoms with Crippen LogP contribution in [0.2, 0.25) is 0 Å². The Kier molecular flexibility index (Phi) is 9.56. The van der Waals surface area contributed by atoms with Gasteiger partial charge in [-0.25, -0.2) is 9.59 Å². The molecule has 162 valence electrons. The lowest BCUT2D eigenvalue weighted by Gasteiger charge is -2.41. The first-order valence-electron chi connectivity index (χ1n) is 9.97. The summed E-state index contributed by atoms with van der Waals surface area (Å²) in [6.45, 7) is 8.30. The molecule has 0 aromatic carbocycles. The average molecular weight is 402 g/mol. The predicted octanol–water partition coefficient (Wildman–Crippen LogP) is -1.23. The van der Waals surface area contributed by atoms with Crippen molar-refractivity contribution < 1.29 is 29.3 Å². The second kappa shape index (κ2) is 11.6. The van der Waals surface area contributed by atoms with Crippen molar-refractivity contribution in [3.63, 3.8) is 0 Å². The SMILES string of the molecule is NC1CCCN(C2COC2)C1.NC1CCCN(C2COC2)C1.O=C(O)C(=O)O. The molecule has 0 aromatic rings. The van der Waals surface area contributed by atoms with E-state index in [0.29, 0.717) is 24.2 Å². The number of hydrogen-bond donors (Lipinski definition) is 4. The molecule has 0 aromatic heterocycles. The zero-order chi connectivity index (χ0) is 20.5. The molecular formula is C18H34N4O6. The Morgan fingerprint density at radius 1 is 0.750 bits per heavy atom. The number of carboxylic acid groups (broad SMARTS) is 2. The second-order valence-corrected chi connectivity index (χ2v) is 7.79. The zero-order valence-electron chi connectivity index (χ0n) is 16.4. The van der Waals surface area contributed by atoms with E-state index in [4.69, 9.17) is 40.7 Å². The number of likely N-dealkylation sites (tertiary alicyclic amines) is 2. The molecule has 4 aliphatic rings. The van der Waals surface area contributed by atoms with Crippen molar-refractivity contribution >= 4 is 11.9 Å². The number of nitrogens with two attached hydrogens (primary N) is 2. The number of piperidine rings is 2. The van der Waals surface area contributed by atoms with Gasteiger partial charge in [-0.1, -0.05) is 0 Å². The fraction of sp³-hybridized carbons (Fsp3) is 0.889. The number of rotatable bonds is 2. The van der Waals surface area contributed by atoms with Crippen molar-refractivity contribution in [1.29, 1.82) is 0 Å². The fourth-order valence-electron chi connectivity index (χ4n) is 3.61. The lowest BCUT2D eigenvalue weighted by atomic mass is 10.0. The van der Waals surface area contributed by atoms with Crippen LogP contribution in [-0.2, 0) is 19.1 Å². The van der Waals surface area contributed by atoms with Gasteiger partial charge in [0.25, 0.3) is 0 Å². The van der Waals surface area contributed by atoms with Crippen LogP contribution in [0.25, 0.3) is 0 Å². The van der Waals surface area contributed by atoms with Gasteiger partial charge in [0, 0.05) is 25.2 Å². The van der Waals surface area contributed by atoms with Gasteiger partial charge in [-0.05, 0) is 38.8 Å². The quantitative estimate of drug-likeness (QED) is 0.413. The van der Waals surface area contributed by atoms with Gasteiger partial charge in [-0.3, -0.25) is 9.80 Å². The maximum Gasteiger partial charge on any atom is 0.414 e. The summed E-state index contributed by atoms with van der Waals surface area (Å²) in [7, 11) is 0. The van der Waals surface area contributed by atoms with Crippen LogP contribution in [-0.4, -0.2) is 109 Å². The molecule has 0 aliphatic carbocycles. The fourth-order valence-corrected chi connectivity index (χ4v) is 3.61. The van der Waals surface area contributed by atoms with E-state index in [0.717, 1.165) is 39.5 Å². The topological polar surface area (TPSA) is 152 Å². The standard InChI is InChI=1S/2C8H16N2O.C2H2O4/c2*9-7-2-1-3-10(4-7)8-5-11-6-8;3-1(4)2(5)6/h2*7-8H,1-6,9H2;(H,3,4)(H,5,6). The number of ether oxygens (including phenoxy) is 2. The third kappa shape index (κ3) is 7.61. The first-order valence-corrected chi connectivity index (χ1v) is 9.97. The molecule has 0 bridgehead atoms. The molecule has 4 fully saturated rings. The van der Waals surface area contributed by atoms with E-state index >= 15 is 0 Å². The number of carboxylic acids is 2. The summed E-state index contributed by atoms with van der Waals surface area (Å²) in [5.41, 5.74) is 11.7. The summed E-state index contributed by atoms with van der Waals surface area (Å²) in [4.78, 5) is 23.1. The maximum absolute atomic E-state index is 9.10. The molecule has 0 amide bonds. The summed E-state index contributed by atoms with van der Waals surface area (Å²) in [6.07, 6.45) is 4.92.